The molecule has 1 aliphatic heterocycles. The molecular weight excluding hydrogens is 332 g/mol. The predicted molar refractivity (Wildman–Crippen MR) is 96.9 cm³/mol. The summed E-state index contributed by atoms with van der Waals surface area (Å²) in [6.45, 7) is 4.58. The lowest BCUT2D eigenvalue weighted by molar-refractivity contribution is -0.384. The summed E-state index contributed by atoms with van der Waals surface area (Å²) in [4.78, 5) is 17.3. The zero-order valence-corrected chi connectivity index (χ0v) is 14.5. The number of nitro groups is 1. The van der Waals surface area contributed by atoms with Crippen molar-refractivity contribution in [3.63, 3.8) is 0 Å². The lowest BCUT2D eigenvalue weighted by Crippen LogP contribution is -2.28. The molecule has 0 aliphatic carbocycles. The van der Waals surface area contributed by atoms with Gasteiger partial charge in [0, 0.05) is 29.4 Å². The topological polar surface area (TPSA) is 85.3 Å². The Hall–Kier alpha value is -3.22. The molecule has 2 aromatic carbocycles. The van der Waals surface area contributed by atoms with Gasteiger partial charge in [-0.2, -0.15) is 4.98 Å². The second kappa shape index (κ2) is 6.25. The molecule has 1 aromatic heterocycles. The lowest BCUT2D eigenvalue weighted by atomic mass is 10.1. The smallest absolute Gasteiger partial charge is 0.269 e. The zero-order chi connectivity index (χ0) is 18.3. The van der Waals surface area contributed by atoms with E-state index in [9.17, 15) is 10.1 Å². The van der Waals surface area contributed by atoms with E-state index in [1.807, 2.05) is 31.2 Å². The van der Waals surface area contributed by atoms with Crippen LogP contribution in [0.25, 0.3) is 11.4 Å². The van der Waals surface area contributed by atoms with Gasteiger partial charge in [0.25, 0.3) is 5.69 Å². The highest BCUT2D eigenvalue weighted by Gasteiger charge is 2.29. The molecule has 1 aliphatic rings. The Bertz CT molecular complexity index is 982. The molecule has 132 valence electrons. The van der Waals surface area contributed by atoms with Gasteiger partial charge in [0.15, 0.2) is 0 Å². The van der Waals surface area contributed by atoms with Crippen molar-refractivity contribution in [3.8, 4) is 11.4 Å². The molecule has 4 rings (SSSR count). The van der Waals surface area contributed by atoms with Crippen LogP contribution in [0.1, 0.15) is 23.9 Å². The Morgan fingerprint density at radius 2 is 2.15 bits per heavy atom. The van der Waals surface area contributed by atoms with Gasteiger partial charge in [0.1, 0.15) is 0 Å². The van der Waals surface area contributed by atoms with Crippen molar-refractivity contribution in [1.82, 2.24) is 10.1 Å². The molecule has 0 saturated carbocycles. The van der Waals surface area contributed by atoms with Gasteiger partial charge >= 0.3 is 0 Å². The molecule has 3 aromatic rings. The van der Waals surface area contributed by atoms with E-state index in [0.717, 1.165) is 28.8 Å². The van der Waals surface area contributed by atoms with Crippen molar-refractivity contribution in [1.29, 1.82) is 0 Å². The standard InChI is InChI=1S/C19H18N4O3/c1-12-4-3-5-14(8-12)19-20-18(26-21-19)11-22-13(2)9-15-10-16(23(24)25)6-7-17(15)22/h3-8,10,13H,9,11H2,1-2H3. The van der Waals surface area contributed by atoms with Gasteiger partial charge in [-0.25, -0.2) is 0 Å². The summed E-state index contributed by atoms with van der Waals surface area (Å²) in [6.07, 6.45) is 0.760. The molecule has 0 spiro atoms. The molecular formula is C19H18N4O3. The molecule has 26 heavy (non-hydrogen) atoms. The number of rotatable bonds is 4. The lowest BCUT2D eigenvalue weighted by Gasteiger charge is -2.22. The average Bonchev–Trinajstić information content (AvgIpc) is 3.20. The van der Waals surface area contributed by atoms with Gasteiger partial charge in [0.2, 0.25) is 11.7 Å². The van der Waals surface area contributed by atoms with E-state index in [2.05, 4.69) is 22.0 Å². The van der Waals surface area contributed by atoms with Crippen LogP contribution in [0.4, 0.5) is 11.4 Å². The van der Waals surface area contributed by atoms with Gasteiger partial charge < -0.3 is 9.42 Å². The molecule has 0 amide bonds. The number of anilines is 1. The fourth-order valence-electron chi connectivity index (χ4n) is 3.40. The average molecular weight is 350 g/mol. The summed E-state index contributed by atoms with van der Waals surface area (Å²) in [5, 5.41) is 15.1. The number of hydrogen-bond acceptors (Lipinski definition) is 6. The summed E-state index contributed by atoms with van der Waals surface area (Å²) < 4.78 is 5.44. The SMILES string of the molecule is Cc1cccc(-c2noc(CN3c4ccc([N+](=O)[O-])cc4CC3C)n2)c1. The van der Waals surface area contributed by atoms with E-state index in [-0.39, 0.29) is 16.7 Å². The first-order chi connectivity index (χ1) is 12.5. The van der Waals surface area contributed by atoms with Crippen LogP contribution in [0, 0.1) is 17.0 Å². The van der Waals surface area contributed by atoms with E-state index >= 15 is 0 Å². The van der Waals surface area contributed by atoms with Gasteiger partial charge in [-0.1, -0.05) is 28.9 Å². The van der Waals surface area contributed by atoms with Crippen LogP contribution in [-0.4, -0.2) is 21.1 Å². The molecule has 0 bridgehead atoms. The number of nitrogens with zero attached hydrogens (tertiary/aromatic N) is 4. The molecule has 0 N–H and O–H groups in total. The summed E-state index contributed by atoms with van der Waals surface area (Å²) >= 11 is 0. The summed E-state index contributed by atoms with van der Waals surface area (Å²) in [5.74, 6) is 1.10. The zero-order valence-electron chi connectivity index (χ0n) is 14.5. The maximum atomic E-state index is 11.0. The van der Waals surface area contributed by atoms with Crippen molar-refractivity contribution in [3.05, 3.63) is 69.6 Å². The Labute approximate surface area is 150 Å². The highest BCUT2D eigenvalue weighted by atomic mass is 16.6. The third-order valence-electron chi connectivity index (χ3n) is 4.68. The van der Waals surface area contributed by atoms with E-state index in [1.54, 1.807) is 12.1 Å². The maximum Gasteiger partial charge on any atom is 0.269 e. The summed E-state index contributed by atoms with van der Waals surface area (Å²) in [6, 6.07) is 13.2. The second-order valence-electron chi connectivity index (χ2n) is 6.63. The monoisotopic (exact) mass is 350 g/mol. The number of benzene rings is 2. The molecule has 1 atom stereocenters. The highest BCUT2D eigenvalue weighted by Crippen LogP contribution is 2.35. The molecule has 0 radical (unpaired) electrons. The first kappa shape index (κ1) is 16.3. The number of hydrogen-bond donors (Lipinski definition) is 0. The van der Waals surface area contributed by atoms with Crippen LogP contribution in [0.5, 0.6) is 0 Å². The fourth-order valence-corrected chi connectivity index (χ4v) is 3.40. The van der Waals surface area contributed by atoms with Crippen LogP contribution in [0.2, 0.25) is 0 Å². The maximum absolute atomic E-state index is 11.0. The number of aromatic nitrogens is 2. The first-order valence-corrected chi connectivity index (χ1v) is 8.45. The minimum Gasteiger partial charge on any atom is -0.359 e. The van der Waals surface area contributed by atoms with E-state index < -0.39 is 0 Å². The van der Waals surface area contributed by atoms with E-state index in [4.69, 9.17) is 4.52 Å². The molecule has 7 heteroatoms. The normalized spacial score (nSPS) is 15.9. The number of aryl methyl sites for hydroxylation is 1. The van der Waals surface area contributed by atoms with Crippen LogP contribution in [0.15, 0.2) is 47.0 Å². The van der Waals surface area contributed by atoms with Gasteiger partial charge in [-0.3, -0.25) is 10.1 Å². The Balaban J connectivity index is 1.58. The molecule has 0 fully saturated rings. The van der Waals surface area contributed by atoms with Crippen LogP contribution in [-0.2, 0) is 13.0 Å². The van der Waals surface area contributed by atoms with Crippen LogP contribution >= 0.6 is 0 Å². The molecule has 7 nitrogen and oxygen atoms in total. The van der Waals surface area contributed by atoms with Gasteiger partial charge in [-0.05, 0) is 38.0 Å². The van der Waals surface area contributed by atoms with E-state index in [1.165, 1.54) is 6.07 Å². The quantitative estimate of drug-likeness (QED) is 0.524. The minimum atomic E-state index is -0.361. The molecule has 1 unspecified atom stereocenters. The van der Waals surface area contributed by atoms with Crippen molar-refractivity contribution in [2.24, 2.45) is 0 Å². The van der Waals surface area contributed by atoms with Crippen molar-refractivity contribution in [2.75, 3.05) is 4.90 Å². The Morgan fingerprint density at radius 1 is 1.31 bits per heavy atom. The van der Waals surface area contributed by atoms with E-state index in [0.29, 0.717) is 18.3 Å². The summed E-state index contributed by atoms with van der Waals surface area (Å²) in [7, 11) is 0. The number of nitro benzene ring substituents is 1. The molecule has 2 heterocycles. The minimum absolute atomic E-state index is 0.123. The van der Waals surface area contributed by atoms with Crippen LogP contribution < -0.4 is 4.90 Å². The Kier molecular flexibility index (Phi) is 3.91. The van der Waals surface area contributed by atoms with Crippen molar-refractivity contribution in [2.45, 2.75) is 32.9 Å². The van der Waals surface area contributed by atoms with Gasteiger partial charge in [0.05, 0.1) is 11.5 Å². The largest absolute Gasteiger partial charge is 0.359 e. The second-order valence-corrected chi connectivity index (χ2v) is 6.63. The summed E-state index contributed by atoms with van der Waals surface area (Å²) in [5.41, 5.74) is 4.14. The number of fused-ring (bicyclic) bond motifs is 1. The first-order valence-electron chi connectivity index (χ1n) is 8.45. The highest BCUT2D eigenvalue weighted by molar-refractivity contribution is 5.62. The van der Waals surface area contributed by atoms with Crippen LogP contribution in [0.3, 0.4) is 0 Å². The predicted octanol–water partition coefficient (Wildman–Crippen LogP) is 3.90. The third kappa shape index (κ3) is 2.92. The molecule has 0 saturated heterocycles. The van der Waals surface area contributed by atoms with Crippen molar-refractivity contribution < 1.29 is 9.45 Å². The van der Waals surface area contributed by atoms with Crippen molar-refractivity contribution >= 4 is 11.4 Å². The van der Waals surface area contributed by atoms with Gasteiger partial charge in [-0.15, -0.1) is 0 Å². The fraction of sp³-hybridized carbons (Fsp3) is 0.263. The number of non-ortho nitro benzene ring substituents is 1. The Morgan fingerprint density at radius 3 is 2.92 bits per heavy atom. The third-order valence-corrected chi connectivity index (χ3v) is 4.68.